The zero-order valence-corrected chi connectivity index (χ0v) is 21.6. The van der Waals surface area contributed by atoms with Gasteiger partial charge in [-0.2, -0.15) is 0 Å². The molecule has 1 aliphatic heterocycles. The van der Waals surface area contributed by atoms with Crippen LogP contribution in [0.4, 0.5) is 5.13 Å². The minimum atomic E-state index is -0.951. The van der Waals surface area contributed by atoms with Crippen LogP contribution in [0.5, 0.6) is 11.5 Å². The average molecular weight is 535 g/mol. The number of hydrogen-bond donors (Lipinski definition) is 2. The first-order valence-electron chi connectivity index (χ1n) is 11.7. The van der Waals surface area contributed by atoms with Gasteiger partial charge in [0.05, 0.1) is 28.4 Å². The van der Waals surface area contributed by atoms with Gasteiger partial charge in [0, 0.05) is 10.6 Å². The van der Waals surface area contributed by atoms with Crippen molar-refractivity contribution in [3.63, 3.8) is 0 Å². The topological polar surface area (TPSA) is 100.0 Å². The van der Waals surface area contributed by atoms with Gasteiger partial charge in [0.1, 0.15) is 17.3 Å². The Morgan fingerprint density at radius 3 is 2.57 bits per heavy atom. The van der Waals surface area contributed by atoms with E-state index in [1.807, 2.05) is 13.8 Å². The number of fused-ring (bicyclic) bond motifs is 1. The second-order valence-corrected chi connectivity index (χ2v) is 10.1. The molecule has 2 N–H and O–H groups in total. The Bertz CT molecular complexity index is 1560. The molecule has 1 atom stereocenters. The largest absolute Gasteiger partial charge is 0.508 e. The fraction of sp³-hybridized carbons (Fsp3) is 0.179. The van der Waals surface area contributed by atoms with Crippen molar-refractivity contribution in [3.8, 4) is 11.5 Å². The first-order valence-corrected chi connectivity index (χ1v) is 12.9. The van der Waals surface area contributed by atoms with Crippen LogP contribution in [0.25, 0.3) is 16.0 Å². The molecular weight excluding hydrogens is 512 g/mol. The lowest BCUT2D eigenvalue weighted by atomic mass is 9.95. The molecule has 1 aliphatic rings. The van der Waals surface area contributed by atoms with Crippen molar-refractivity contribution in [2.75, 3.05) is 11.5 Å². The zero-order valence-electron chi connectivity index (χ0n) is 20.1. The number of carbonyl (C=O) groups is 2. The van der Waals surface area contributed by atoms with Crippen molar-refractivity contribution in [2.45, 2.75) is 26.3 Å². The molecule has 3 aromatic carbocycles. The maximum absolute atomic E-state index is 13.4. The van der Waals surface area contributed by atoms with E-state index in [1.54, 1.807) is 48.5 Å². The van der Waals surface area contributed by atoms with Gasteiger partial charge in [-0.25, -0.2) is 4.98 Å². The summed E-state index contributed by atoms with van der Waals surface area (Å²) in [6.45, 7) is 4.42. The van der Waals surface area contributed by atoms with Crippen LogP contribution in [-0.4, -0.2) is 33.5 Å². The maximum Gasteiger partial charge on any atom is 0.301 e. The summed E-state index contributed by atoms with van der Waals surface area (Å²) in [5.74, 6) is -1.20. The summed E-state index contributed by atoms with van der Waals surface area (Å²) in [5.41, 5.74) is 2.29. The molecule has 0 spiro atoms. The molecule has 0 bridgehead atoms. The number of halogens is 1. The van der Waals surface area contributed by atoms with E-state index >= 15 is 0 Å². The number of phenols is 1. The van der Waals surface area contributed by atoms with Gasteiger partial charge in [-0.3, -0.25) is 14.5 Å². The summed E-state index contributed by atoms with van der Waals surface area (Å²) in [6, 6.07) is 15.5. The van der Waals surface area contributed by atoms with E-state index in [0.717, 1.165) is 16.7 Å². The highest BCUT2D eigenvalue weighted by Crippen LogP contribution is 2.45. The zero-order chi connectivity index (χ0) is 26.3. The van der Waals surface area contributed by atoms with Crippen LogP contribution in [0.15, 0.2) is 66.2 Å². The normalized spacial score (nSPS) is 17.1. The highest BCUT2D eigenvalue weighted by molar-refractivity contribution is 7.22. The van der Waals surface area contributed by atoms with Gasteiger partial charge < -0.3 is 14.9 Å². The van der Waals surface area contributed by atoms with Crippen LogP contribution >= 0.6 is 22.9 Å². The molecule has 2 heterocycles. The Kier molecular flexibility index (Phi) is 6.62. The molecule has 1 saturated heterocycles. The van der Waals surface area contributed by atoms with Gasteiger partial charge in [0.25, 0.3) is 5.78 Å². The van der Waals surface area contributed by atoms with Crippen LogP contribution in [-0.2, 0) is 9.59 Å². The minimum absolute atomic E-state index is 0.0358. The summed E-state index contributed by atoms with van der Waals surface area (Å²) in [7, 11) is 0. The summed E-state index contributed by atoms with van der Waals surface area (Å²) < 4.78 is 6.49. The van der Waals surface area contributed by atoms with E-state index in [9.17, 15) is 19.8 Å². The fourth-order valence-corrected chi connectivity index (χ4v) is 5.59. The highest BCUT2D eigenvalue weighted by Gasteiger charge is 2.48. The van der Waals surface area contributed by atoms with Crippen LogP contribution in [0, 0.1) is 6.92 Å². The molecule has 188 valence electrons. The molecule has 4 aromatic rings. The number of phenolic OH excluding ortho intramolecular Hbond substituents is 1. The maximum atomic E-state index is 13.4. The third-order valence-corrected chi connectivity index (χ3v) is 7.36. The molecule has 5 rings (SSSR count). The number of thiazole rings is 1. The molecule has 7 nitrogen and oxygen atoms in total. The predicted octanol–water partition coefficient (Wildman–Crippen LogP) is 6.38. The molecule has 0 radical (unpaired) electrons. The summed E-state index contributed by atoms with van der Waals surface area (Å²) in [4.78, 5) is 32.7. The van der Waals surface area contributed by atoms with Gasteiger partial charge in [0.2, 0.25) is 0 Å². The lowest BCUT2D eigenvalue weighted by molar-refractivity contribution is -0.132. The predicted molar refractivity (Wildman–Crippen MR) is 144 cm³/mol. The first-order chi connectivity index (χ1) is 17.8. The molecule has 9 heteroatoms. The Hall–Kier alpha value is -3.88. The average Bonchev–Trinajstić information content (AvgIpc) is 3.41. The number of aliphatic hydroxyl groups excluding tert-OH is 1. The number of aryl methyl sites for hydroxylation is 1. The second kappa shape index (κ2) is 9.88. The third kappa shape index (κ3) is 4.54. The van der Waals surface area contributed by atoms with Crippen LogP contribution in [0.1, 0.15) is 36.1 Å². The third-order valence-electron chi connectivity index (χ3n) is 6.11. The number of aliphatic hydroxyl groups is 1. The van der Waals surface area contributed by atoms with Gasteiger partial charge in [0.15, 0.2) is 5.13 Å². The molecule has 1 fully saturated rings. The van der Waals surface area contributed by atoms with Gasteiger partial charge in [-0.15, -0.1) is 0 Å². The number of anilines is 1. The van der Waals surface area contributed by atoms with Crippen molar-refractivity contribution in [1.29, 1.82) is 0 Å². The van der Waals surface area contributed by atoms with Crippen LogP contribution in [0.2, 0.25) is 5.02 Å². The number of aromatic hydroxyl groups is 1. The van der Waals surface area contributed by atoms with E-state index in [-0.39, 0.29) is 17.1 Å². The molecule has 1 aromatic heterocycles. The first kappa shape index (κ1) is 24.8. The van der Waals surface area contributed by atoms with Crippen molar-refractivity contribution in [3.05, 3.63) is 87.9 Å². The van der Waals surface area contributed by atoms with E-state index in [0.29, 0.717) is 39.2 Å². The Morgan fingerprint density at radius 1 is 1.11 bits per heavy atom. The Morgan fingerprint density at radius 2 is 1.86 bits per heavy atom. The number of rotatable bonds is 6. The minimum Gasteiger partial charge on any atom is -0.508 e. The lowest BCUT2D eigenvalue weighted by Crippen LogP contribution is -2.29. The molecule has 1 amide bonds. The molecule has 0 saturated carbocycles. The number of Topliss-reactive ketones (excluding diaryl/α,β-unsaturated/α-hetero) is 1. The van der Waals surface area contributed by atoms with Crippen LogP contribution < -0.4 is 9.64 Å². The van der Waals surface area contributed by atoms with E-state index < -0.39 is 17.7 Å². The fourth-order valence-electron chi connectivity index (χ4n) is 4.32. The van der Waals surface area contributed by atoms with Crippen molar-refractivity contribution < 1.29 is 24.5 Å². The molecular formula is C28H23ClN2O5S. The standard InChI is InChI=1S/C28H23ClN2O5S/c1-3-12-36-21-11-6-17(13-15(21)2)25(33)23-24(16-4-8-19(32)9-5-16)31(27(35)26(23)34)28-30-20-10-7-18(29)14-22(20)37-28/h4-11,13-14,24,32-33H,3,12H2,1-2H3/b25-23+. The number of carbonyl (C=O) groups excluding carboxylic acids is 2. The summed E-state index contributed by atoms with van der Waals surface area (Å²) >= 11 is 7.36. The Labute approximate surface area is 222 Å². The Balaban J connectivity index is 1.67. The van der Waals surface area contributed by atoms with E-state index in [1.165, 1.54) is 28.4 Å². The number of ether oxygens (including phenoxy) is 1. The smallest absolute Gasteiger partial charge is 0.301 e. The number of nitrogens with zero attached hydrogens (tertiary/aromatic N) is 2. The van der Waals surface area contributed by atoms with Crippen LogP contribution in [0.3, 0.4) is 0 Å². The van der Waals surface area contributed by atoms with Crippen molar-refractivity contribution in [1.82, 2.24) is 4.98 Å². The monoisotopic (exact) mass is 534 g/mol. The number of hydrogen-bond acceptors (Lipinski definition) is 7. The number of aromatic nitrogens is 1. The lowest BCUT2D eigenvalue weighted by Gasteiger charge is -2.23. The van der Waals surface area contributed by atoms with Gasteiger partial charge in [-0.05, 0) is 73.0 Å². The van der Waals surface area contributed by atoms with E-state index in [4.69, 9.17) is 16.3 Å². The second-order valence-electron chi connectivity index (χ2n) is 8.70. The molecule has 0 aliphatic carbocycles. The quantitative estimate of drug-likeness (QED) is 0.169. The summed E-state index contributed by atoms with van der Waals surface area (Å²) in [5, 5.41) is 22.0. The van der Waals surface area contributed by atoms with Crippen molar-refractivity contribution in [2.24, 2.45) is 0 Å². The van der Waals surface area contributed by atoms with E-state index in [2.05, 4.69) is 4.98 Å². The number of benzene rings is 3. The van der Waals surface area contributed by atoms with Crippen molar-refractivity contribution >= 4 is 55.7 Å². The summed E-state index contributed by atoms with van der Waals surface area (Å²) in [6.07, 6.45) is 0.856. The number of ketones is 1. The SMILES string of the molecule is CCCOc1ccc(/C(O)=C2\C(=O)C(=O)N(c3nc4ccc(Cl)cc4s3)C2c2ccc(O)cc2)cc1C. The highest BCUT2D eigenvalue weighted by atomic mass is 35.5. The number of amides is 1. The molecule has 37 heavy (non-hydrogen) atoms. The van der Waals surface area contributed by atoms with Gasteiger partial charge in [-0.1, -0.05) is 42.0 Å². The van der Waals surface area contributed by atoms with Gasteiger partial charge >= 0.3 is 5.91 Å². The molecule has 1 unspecified atom stereocenters.